The first-order valence-electron chi connectivity index (χ1n) is 10.2. The minimum absolute atomic E-state index is 0.217. The molecule has 31 heavy (non-hydrogen) atoms. The molecule has 2 aromatic heterocycles. The van der Waals surface area contributed by atoms with Crippen LogP contribution in [0.25, 0.3) is 22.5 Å². The fourth-order valence-corrected chi connectivity index (χ4v) is 4.09. The first-order chi connectivity index (χ1) is 15.2. The average molecular weight is 433 g/mol. The summed E-state index contributed by atoms with van der Waals surface area (Å²) in [4.78, 5) is 4.05. The van der Waals surface area contributed by atoms with Gasteiger partial charge in [0.25, 0.3) is 0 Å². The van der Waals surface area contributed by atoms with Crippen molar-refractivity contribution < 1.29 is 9.84 Å². The standard InChI is InChI=1S/C24H24N4O2S/c1-2-28-23(20-12-14-25-15-13-20)26-27-24(28)31-17-21(29)16-30-22-10-8-19(9-11-22)18-6-4-3-5-7-18/h3-15,21,29H,2,16-17H2,1H3. The molecule has 4 rings (SSSR count). The van der Waals surface area contributed by atoms with Gasteiger partial charge in [-0.05, 0) is 42.3 Å². The fourth-order valence-electron chi connectivity index (χ4n) is 3.18. The van der Waals surface area contributed by atoms with E-state index in [9.17, 15) is 5.11 Å². The lowest BCUT2D eigenvalue weighted by Gasteiger charge is -2.13. The van der Waals surface area contributed by atoms with Gasteiger partial charge in [-0.25, -0.2) is 0 Å². The topological polar surface area (TPSA) is 73.1 Å². The number of hydrogen-bond donors (Lipinski definition) is 1. The van der Waals surface area contributed by atoms with E-state index in [4.69, 9.17) is 4.74 Å². The van der Waals surface area contributed by atoms with Crippen LogP contribution in [0.1, 0.15) is 6.92 Å². The molecule has 6 nitrogen and oxygen atoms in total. The molecular weight excluding hydrogens is 408 g/mol. The molecule has 0 fully saturated rings. The van der Waals surface area contributed by atoms with E-state index in [1.54, 1.807) is 12.4 Å². The molecule has 2 heterocycles. The van der Waals surface area contributed by atoms with Crippen LogP contribution in [0.5, 0.6) is 5.75 Å². The molecule has 1 N–H and O–H groups in total. The van der Waals surface area contributed by atoms with E-state index in [0.29, 0.717) is 5.75 Å². The Labute approximate surface area is 186 Å². The number of rotatable bonds is 9. The number of ether oxygens (including phenoxy) is 1. The maximum Gasteiger partial charge on any atom is 0.191 e. The molecule has 4 aromatic rings. The van der Waals surface area contributed by atoms with Gasteiger partial charge >= 0.3 is 0 Å². The quantitative estimate of drug-likeness (QED) is 0.391. The lowest BCUT2D eigenvalue weighted by molar-refractivity contribution is 0.126. The summed E-state index contributed by atoms with van der Waals surface area (Å²) in [7, 11) is 0. The van der Waals surface area contributed by atoms with Crippen molar-refractivity contribution >= 4 is 11.8 Å². The normalized spacial score (nSPS) is 11.9. The van der Waals surface area contributed by atoms with Crippen LogP contribution in [-0.4, -0.2) is 43.3 Å². The molecule has 0 bridgehead atoms. The zero-order chi connectivity index (χ0) is 21.5. The minimum Gasteiger partial charge on any atom is -0.491 e. The third-order valence-electron chi connectivity index (χ3n) is 4.78. The first-order valence-corrected chi connectivity index (χ1v) is 11.2. The fraction of sp³-hybridized carbons (Fsp3) is 0.208. The second kappa shape index (κ2) is 10.2. The zero-order valence-electron chi connectivity index (χ0n) is 17.3. The highest BCUT2D eigenvalue weighted by Gasteiger charge is 2.15. The number of hydrogen-bond acceptors (Lipinski definition) is 6. The van der Waals surface area contributed by atoms with E-state index in [1.807, 2.05) is 59.2 Å². The van der Waals surface area contributed by atoms with Crippen LogP contribution in [0.4, 0.5) is 0 Å². The van der Waals surface area contributed by atoms with Crippen LogP contribution in [0.15, 0.2) is 84.3 Å². The smallest absolute Gasteiger partial charge is 0.191 e. The van der Waals surface area contributed by atoms with Gasteiger partial charge in [-0.2, -0.15) is 0 Å². The first kappa shape index (κ1) is 21.1. The Morgan fingerprint density at radius 1 is 0.903 bits per heavy atom. The van der Waals surface area contributed by atoms with Crippen molar-refractivity contribution in [1.82, 2.24) is 19.7 Å². The summed E-state index contributed by atoms with van der Waals surface area (Å²) >= 11 is 1.47. The van der Waals surface area contributed by atoms with E-state index in [2.05, 4.69) is 34.2 Å². The summed E-state index contributed by atoms with van der Waals surface area (Å²) in [5, 5.41) is 19.8. The van der Waals surface area contributed by atoms with Gasteiger partial charge in [-0.15, -0.1) is 10.2 Å². The van der Waals surface area contributed by atoms with Crippen molar-refractivity contribution in [3.8, 4) is 28.3 Å². The van der Waals surface area contributed by atoms with Gasteiger partial charge < -0.3 is 14.4 Å². The predicted octanol–water partition coefficient (Wildman–Crippen LogP) is 4.56. The Morgan fingerprint density at radius 2 is 1.61 bits per heavy atom. The van der Waals surface area contributed by atoms with E-state index in [1.165, 1.54) is 11.8 Å². The molecule has 0 saturated carbocycles. The van der Waals surface area contributed by atoms with Crippen molar-refractivity contribution in [3.63, 3.8) is 0 Å². The van der Waals surface area contributed by atoms with Crippen molar-refractivity contribution in [2.24, 2.45) is 0 Å². The maximum atomic E-state index is 10.4. The van der Waals surface area contributed by atoms with Crippen LogP contribution in [0.2, 0.25) is 0 Å². The van der Waals surface area contributed by atoms with Crippen LogP contribution in [0, 0.1) is 0 Å². The molecule has 158 valence electrons. The Bertz CT molecular complexity index is 1090. The van der Waals surface area contributed by atoms with Gasteiger partial charge in [0.1, 0.15) is 12.4 Å². The number of thioether (sulfide) groups is 1. The number of aliphatic hydroxyl groups is 1. The van der Waals surface area contributed by atoms with Crippen LogP contribution in [-0.2, 0) is 6.54 Å². The molecule has 2 aromatic carbocycles. The molecular formula is C24H24N4O2S. The summed E-state index contributed by atoms with van der Waals surface area (Å²) in [5.41, 5.74) is 3.27. The van der Waals surface area contributed by atoms with Gasteiger partial charge in [-0.3, -0.25) is 4.98 Å². The Hall–Kier alpha value is -3.16. The molecule has 0 radical (unpaired) electrons. The lowest BCUT2D eigenvalue weighted by Crippen LogP contribution is -2.20. The number of pyridine rings is 1. The third kappa shape index (κ3) is 5.31. The second-order valence-corrected chi connectivity index (χ2v) is 7.94. The second-order valence-electron chi connectivity index (χ2n) is 6.95. The van der Waals surface area contributed by atoms with Gasteiger partial charge in [0.05, 0.1) is 6.10 Å². The largest absolute Gasteiger partial charge is 0.491 e. The van der Waals surface area contributed by atoms with Crippen molar-refractivity contribution in [2.75, 3.05) is 12.4 Å². The highest BCUT2D eigenvalue weighted by atomic mass is 32.2. The van der Waals surface area contributed by atoms with Gasteiger partial charge in [0.15, 0.2) is 11.0 Å². The van der Waals surface area contributed by atoms with Crippen LogP contribution >= 0.6 is 11.8 Å². The molecule has 1 unspecified atom stereocenters. The molecule has 0 spiro atoms. The van der Waals surface area contributed by atoms with Crippen molar-refractivity contribution in [1.29, 1.82) is 0 Å². The summed E-state index contributed by atoms with van der Waals surface area (Å²) in [6.07, 6.45) is 2.86. The molecule has 1 atom stereocenters. The summed E-state index contributed by atoms with van der Waals surface area (Å²) < 4.78 is 7.80. The SMILES string of the molecule is CCn1c(SCC(O)COc2ccc(-c3ccccc3)cc2)nnc1-c1ccncc1. The van der Waals surface area contributed by atoms with Crippen molar-refractivity contribution in [2.45, 2.75) is 24.7 Å². The third-order valence-corrected chi connectivity index (χ3v) is 5.89. The molecule has 0 aliphatic heterocycles. The van der Waals surface area contributed by atoms with E-state index < -0.39 is 6.10 Å². The Balaban J connectivity index is 1.31. The van der Waals surface area contributed by atoms with Crippen LogP contribution < -0.4 is 4.74 Å². The highest BCUT2D eigenvalue weighted by Crippen LogP contribution is 2.25. The molecule has 0 amide bonds. The summed E-state index contributed by atoms with van der Waals surface area (Å²) in [6, 6.07) is 21.9. The van der Waals surface area contributed by atoms with Crippen molar-refractivity contribution in [3.05, 3.63) is 79.1 Å². The summed E-state index contributed by atoms with van der Waals surface area (Å²) in [5.74, 6) is 2.01. The van der Waals surface area contributed by atoms with E-state index >= 15 is 0 Å². The number of aromatic nitrogens is 4. The van der Waals surface area contributed by atoms with E-state index in [0.717, 1.165) is 40.0 Å². The maximum absolute atomic E-state index is 10.4. The van der Waals surface area contributed by atoms with Gasteiger partial charge in [0, 0.05) is 30.3 Å². The lowest BCUT2D eigenvalue weighted by atomic mass is 10.1. The average Bonchev–Trinajstić information content (AvgIpc) is 3.26. The van der Waals surface area contributed by atoms with Gasteiger partial charge in [0.2, 0.25) is 0 Å². The number of aliphatic hydroxyl groups excluding tert-OH is 1. The van der Waals surface area contributed by atoms with Crippen LogP contribution in [0.3, 0.4) is 0 Å². The molecule has 0 aliphatic rings. The van der Waals surface area contributed by atoms with E-state index in [-0.39, 0.29) is 6.61 Å². The number of nitrogens with zero attached hydrogens (tertiary/aromatic N) is 4. The summed E-state index contributed by atoms with van der Waals surface area (Å²) in [6.45, 7) is 3.01. The zero-order valence-corrected chi connectivity index (χ0v) is 18.1. The Morgan fingerprint density at radius 3 is 2.32 bits per heavy atom. The monoisotopic (exact) mass is 432 g/mol. The minimum atomic E-state index is -0.620. The molecule has 0 saturated heterocycles. The van der Waals surface area contributed by atoms with Gasteiger partial charge in [-0.1, -0.05) is 54.2 Å². The number of benzene rings is 2. The predicted molar refractivity (Wildman–Crippen MR) is 123 cm³/mol. The Kier molecular flexibility index (Phi) is 6.96. The molecule has 0 aliphatic carbocycles. The molecule has 7 heteroatoms. The highest BCUT2D eigenvalue weighted by molar-refractivity contribution is 7.99.